The second-order valence-corrected chi connectivity index (χ2v) is 7.14. The fourth-order valence-corrected chi connectivity index (χ4v) is 3.27. The van der Waals surface area contributed by atoms with Crippen LogP contribution in [0, 0.1) is 0 Å². The van der Waals surface area contributed by atoms with E-state index >= 15 is 0 Å². The number of halogens is 3. The van der Waals surface area contributed by atoms with E-state index in [1.165, 1.54) is 36.4 Å². The largest absolute Gasteiger partial charge is 0.416 e. The van der Waals surface area contributed by atoms with E-state index in [4.69, 9.17) is 5.53 Å². The molecule has 0 bridgehead atoms. The molecule has 0 unspecified atom stereocenters. The summed E-state index contributed by atoms with van der Waals surface area (Å²) in [5, 5.41) is 5.90. The summed E-state index contributed by atoms with van der Waals surface area (Å²) in [6, 6.07) is 9.73. The Bertz CT molecular complexity index is 963. The Hall–Kier alpha value is -3.07. The number of nitrogens with zero attached hydrogens (tertiary/aromatic N) is 5. The molecule has 7 nitrogen and oxygen atoms in total. The predicted octanol–water partition coefficient (Wildman–Crippen LogP) is 4.65. The third-order valence-corrected chi connectivity index (χ3v) is 4.93. The molecule has 1 fully saturated rings. The number of nitrogens with one attached hydrogen (secondary N) is 1. The van der Waals surface area contributed by atoms with E-state index in [2.05, 4.69) is 20.2 Å². The van der Waals surface area contributed by atoms with Gasteiger partial charge in [0.2, 0.25) is 0 Å². The van der Waals surface area contributed by atoms with Crippen LogP contribution in [0.25, 0.3) is 10.4 Å². The van der Waals surface area contributed by atoms with Crippen molar-refractivity contribution in [2.75, 3.05) is 38.5 Å². The van der Waals surface area contributed by atoms with Crippen molar-refractivity contribution in [3.63, 3.8) is 0 Å². The summed E-state index contributed by atoms with van der Waals surface area (Å²) in [5.74, 6) is -0.593. The Kier molecular flexibility index (Phi) is 6.61. The van der Waals surface area contributed by atoms with Crippen molar-refractivity contribution in [1.82, 2.24) is 9.80 Å². The first-order valence-corrected chi connectivity index (χ1v) is 9.34. The molecule has 158 valence electrons. The van der Waals surface area contributed by atoms with Gasteiger partial charge in [-0.3, -0.25) is 9.69 Å². The van der Waals surface area contributed by atoms with Gasteiger partial charge in [-0.2, -0.15) is 13.2 Å². The van der Waals surface area contributed by atoms with E-state index in [0.717, 1.165) is 19.2 Å². The van der Waals surface area contributed by atoms with Crippen molar-refractivity contribution >= 4 is 17.3 Å². The van der Waals surface area contributed by atoms with Crippen LogP contribution in [0.5, 0.6) is 0 Å². The van der Waals surface area contributed by atoms with Crippen molar-refractivity contribution in [3.05, 3.63) is 69.6 Å². The fraction of sp³-hybridized carbons (Fsp3) is 0.350. The van der Waals surface area contributed by atoms with Crippen LogP contribution in [-0.4, -0.2) is 48.9 Å². The third-order valence-electron chi connectivity index (χ3n) is 4.93. The molecule has 2 aromatic rings. The van der Waals surface area contributed by atoms with Gasteiger partial charge in [-0.1, -0.05) is 23.3 Å². The number of amides is 1. The van der Waals surface area contributed by atoms with Gasteiger partial charge >= 0.3 is 6.18 Å². The molecule has 0 spiro atoms. The van der Waals surface area contributed by atoms with Gasteiger partial charge in [0, 0.05) is 54.6 Å². The Balaban J connectivity index is 1.80. The number of alkyl halides is 3. The third kappa shape index (κ3) is 5.50. The Morgan fingerprint density at radius 3 is 2.57 bits per heavy atom. The summed E-state index contributed by atoms with van der Waals surface area (Å²) in [4.78, 5) is 19.2. The second kappa shape index (κ2) is 9.17. The molecule has 1 amide bonds. The van der Waals surface area contributed by atoms with Gasteiger partial charge in [0.1, 0.15) is 0 Å². The van der Waals surface area contributed by atoms with Crippen LogP contribution in [0.4, 0.5) is 24.5 Å². The molecule has 1 N–H and O–H groups in total. The normalized spacial score (nSPS) is 15.5. The first-order valence-electron chi connectivity index (χ1n) is 9.34. The van der Waals surface area contributed by atoms with Gasteiger partial charge in [-0.05, 0) is 42.4 Å². The van der Waals surface area contributed by atoms with Gasteiger partial charge < -0.3 is 10.2 Å². The first-order chi connectivity index (χ1) is 14.3. The molecule has 1 aliphatic rings. The van der Waals surface area contributed by atoms with Crippen LogP contribution >= 0.6 is 0 Å². The molecule has 10 heteroatoms. The molecule has 1 aliphatic heterocycles. The van der Waals surface area contributed by atoms with Crippen LogP contribution < -0.4 is 5.32 Å². The minimum absolute atomic E-state index is 0.0450. The minimum Gasteiger partial charge on any atom is -0.322 e. The number of rotatable bonds is 5. The second-order valence-electron chi connectivity index (χ2n) is 7.14. The lowest BCUT2D eigenvalue weighted by atomic mass is 10.0. The molecule has 30 heavy (non-hydrogen) atoms. The van der Waals surface area contributed by atoms with Crippen LogP contribution in [0.1, 0.15) is 21.5 Å². The molecule has 2 aromatic carbocycles. The lowest BCUT2D eigenvalue weighted by molar-refractivity contribution is -0.138. The average molecular weight is 418 g/mol. The molecular weight excluding hydrogens is 397 g/mol. The van der Waals surface area contributed by atoms with Gasteiger partial charge in [-0.25, -0.2) is 0 Å². The smallest absolute Gasteiger partial charge is 0.322 e. The van der Waals surface area contributed by atoms with Crippen LogP contribution in [-0.2, 0) is 12.7 Å². The minimum atomic E-state index is -4.54. The highest BCUT2D eigenvalue weighted by atomic mass is 19.4. The summed E-state index contributed by atoms with van der Waals surface area (Å²) in [6.45, 7) is 3.22. The fourth-order valence-electron chi connectivity index (χ4n) is 3.27. The molecule has 1 saturated heterocycles. The molecule has 1 heterocycles. The van der Waals surface area contributed by atoms with Crippen molar-refractivity contribution in [1.29, 1.82) is 0 Å². The van der Waals surface area contributed by atoms with E-state index in [-0.39, 0.29) is 29.0 Å². The van der Waals surface area contributed by atoms with Gasteiger partial charge in [0.15, 0.2) is 0 Å². The number of hydrogen-bond donors (Lipinski definition) is 1. The quantitative estimate of drug-likeness (QED) is 0.436. The van der Waals surface area contributed by atoms with Crippen molar-refractivity contribution in [2.24, 2.45) is 5.11 Å². The molecule has 0 aliphatic carbocycles. The van der Waals surface area contributed by atoms with Crippen LogP contribution in [0.3, 0.4) is 0 Å². The molecule has 0 aromatic heterocycles. The predicted molar refractivity (Wildman–Crippen MR) is 107 cm³/mol. The number of carbonyl (C=O) groups is 1. The Labute approximate surface area is 171 Å². The van der Waals surface area contributed by atoms with Crippen LogP contribution in [0.2, 0.25) is 0 Å². The molecular formula is C20H21F3N6O. The number of anilines is 1. The van der Waals surface area contributed by atoms with Crippen molar-refractivity contribution < 1.29 is 18.0 Å². The van der Waals surface area contributed by atoms with Gasteiger partial charge in [-0.15, -0.1) is 0 Å². The van der Waals surface area contributed by atoms with E-state index < -0.39 is 17.6 Å². The molecule has 3 rings (SSSR count). The summed E-state index contributed by atoms with van der Waals surface area (Å²) in [6.07, 6.45) is -4.54. The standard InChI is InChI=1S/C20H21F3N6O/c1-28-7-9-29(10-8-28)13-15-5-6-16(12-18(15)20(21,22)23)25-19(30)14-3-2-4-17(11-14)26-27-24/h2-6,11-12H,7-10,13H2,1H3,(H,25,30). The topological polar surface area (TPSA) is 84.3 Å². The van der Waals surface area contributed by atoms with E-state index in [1.54, 1.807) is 0 Å². The maximum atomic E-state index is 13.7. The first kappa shape index (κ1) is 21.6. The highest BCUT2D eigenvalue weighted by Gasteiger charge is 2.34. The van der Waals surface area contributed by atoms with E-state index in [1.807, 2.05) is 11.9 Å². The van der Waals surface area contributed by atoms with Crippen molar-refractivity contribution in [3.8, 4) is 0 Å². The number of hydrogen-bond acceptors (Lipinski definition) is 4. The average Bonchev–Trinajstić information content (AvgIpc) is 2.70. The Morgan fingerprint density at radius 1 is 1.17 bits per heavy atom. The van der Waals surface area contributed by atoms with Crippen LogP contribution in [0.15, 0.2) is 47.6 Å². The summed E-state index contributed by atoms with van der Waals surface area (Å²) >= 11 is 0. The number of azide groups is 1. The number of likely N-dealkylation sites (N-methyl/N-ethyl adjacent to an activating group) is 1. The summed E-state index contributed by atoms with van der Waals surface area (Å²) < 4.78 is 41.0. The zero-order valence-electron chi connectivity index (χ0n) is 16.4. The lowest BCUT2D eigenvalue weighted by Crippen LogP contribution is -2.44. The van der Waals surface area contributed by atoms with Gasteiger partial charge in [0.25, 0.3) is 5.91 Å². The molecule has 0 radical (unpaired) electrons. The van der Waals surface area contributed by atoms with Gasteiger partial charge in [0.05, 0.1) is 5.56 Å². The maximum Gasteiger partial charge on any atom is 0.416 e. The summed E-state index contributed by atoms with van der Waals surface area (Å²) in [7, 11) is 1.98. The lowest BCUT2D eigenvalue weighted by Gasteiger charge is -2.33. The number of piperazine rings is 1. The molecule has 0 saturated carbocycles. The number of carbonyl (C=O) groups excluding carboxylic acids is 1. The monoisotopic (exact) mass is 418 g/mol. The van der Waals surface area contributed by atoms with E-state index in [0.29, 0.717) is 13.1 Å². The highest BCUT2D eigenvalue weighted by molar-refractivity contribution is 6.04. The zero-order valence-corrected chi connectivity index (χ0v) is 16.4. The number of benzene rings is 2. The molecule has 0 atom stereocenters. The summed E-state index contributed by atoms with van der Waals surface area (Å²) in [5.41, 5.74) is 8.37. The van der Waals surface area contributed by atoms with Crippen molar-refractivity contribution in [2.45, 2.75) is 12.7 Å². The van der Waals surface area contributed by atoms with E-state index in [9.17, 15) is 18.0 Å². The Morgan fingerprint density at radius 2 is 1.90 bits per heavy atom. The SMILES string of the molecule is CN1CCN(Cc2ccc(NC(=O)c3cccc(N=[N+]=[N-])c3)cc2C(F)(F)F)CC1. The zero-order chi connectivity index (χ0) is 21.7. The highest BCUT2D eigenvalue weighted by Crippen LogP contribution is 2.34. The maximum absolute atomic E-state index is 13.7.